The molecular formula is C14H13N3O. The van der Waals surface area contributed by atoms with Crippen LogP contribution in [0, 0.1) is 0 Å². The van der Waals surface area contributed by atoms with Crippen LogP contribution in [-0.4, -0.2) is 22.1 Å². The summed E-state index contributed by atoms with van der Waals surface area (Å²) < 4.78 is 0. The van der Waals surface area contributed by atoms with Gasteiger partial charge in [-0.05, 0) is 36.4 Å². The van der Waals surface area contributed by atoms with Crippen LogP contribution >= 0.6 is 0 Å². The number of phenols is 1. The Morgan fingerprint density at radius 3 is 2.50 bits per heavy atom. The first-order valence-corrected chi connectivity index (χ1v) is 5.71. The van der Waals surface area contributed by atoms with Gasteiger partial charge >= 0.3 is 0 Å². The smallest absolute Gasteiger partial charge is 0.208 e. The van der Waals surface area contributed by atoms with Gasteiger partial charge in [-0.1, -0.05) is 12.1 Å². The van der Waals surface area contributed by atoms with Gasteiger partial charge < -0.3 is 15.0 Å². The first kappa shape index (κ1) is 10.7. The average Bonchev–Trinajstić information content (AvgIpc) is 2.82. The van der Waals surface area contributed by atoms with Crippen molar-refractivity contribution in [2.45, 2.75) is 0 Å². The van der Waals surface area contributed by atoms with Gasteiger partial charge in [-0.3, -0.25) is 0 Å². The lowest BCUT2D eigenvalue weighted by Gasteiger charge is -2.15. The van der Waals surface area contributed by atoms with Crippen LogP contribution in [0.4, 0.5) is 11.6 Å². The van der Waals surface area contributed by atoms with E-state index in [1.165, 1.54) is 0 Å². The summed E-state index contributed by atoms with van der Waals surface area (Å²) in [5.41, 5.74) is 2.92. The van der Waals surface area contributed by atoms with Gasteiger partial charge in [0.2, 0.25) is 5.95 Å². The van der Waals surface area contributed by atoms with E-state index < -0.39 is 0 Å². The first-order valence-electron chi connectivity index (χ1n) is 5.71. The molecule has 3 aromatic rings. The number of nitrogens with one attached hydrogen (secondary N) is 1. The van der Waals surface area contributed by atoms with Crippen molar-refractivity contribution >= 4 is 22.7 Å². The normalized spacial score (nSPS) is 10.7. The van der Waals surface area contributed by atoms with Crippen molar-refractivity contribution < 1.29 is 5.11 Å². The van der Waals surface area contributed by atoms with Crippen molar-refractivity contribution in [3.63, 3.8) is 0 Å². The minimum absolute atomic E-state index is 0.261. The second kappa shape index (κ2) is 4.07. The highest BCUT2D eigenvalue weighted by molar-refractivity contribution is 5.78. The highest BCUT2D eigenvalue weighted by Crippen LogP contribution is 2.24. The molecule has 4 nitrogen and oxygen atoms in total. The van der Waals surface area contributed by atoms with E-state index in [1.54, 1.807) is 12.1 Å². The number of para-hydroxylation sites is 2. The molecule has 0 aliphatic carbocycles. The topological polar surface area (TPSA) is 52.1 Å². The molecule has 0 radical (unpaired) electrons. The van der Waals surface area contributed by atoms with Crippen LogP contribution in [0.3, 0.4) is 0 Å². The first-order chi connectivity index (χ1) is 8.74. The number of aromatic nitrogens is 2. The summed E-state index contributed by atoms with van der Waals surface area (Å²) in [5, 5.41) is 9.28. The Balaban J connectivity index is 2.00. The molecule has 0 bridgehead atoms. The zero-order valence-corrected chi connectivity index (χ0v) is 9.96. The van der Waals surface area contributed by atoms with Crippen LogP contribution in [0.1, 0.15) is 0 Å². The second-order valence-electron chi connectivity index (χ2n) is 4.15. The van der Waals surface area contributed by atoms with Gasteiger partial charge in [-0.2, -0.15) is 0 Å². The number of rotatable bonds is 2. The van der Waals surface area contributed by atoms with Gasteiger partial charge in [0.05, 0.1) is 11.0 Å². The van der Waals surface area contributed by atoms with E-state index in [9.17, 15) is 5.11 Å². The zero-order valence-electron chi connectivity index (χ0n) is 9.96. The Labute approximate surface area is 105 Å². The Kier molecular flexibility index (Phi) is 2.41. The van der Waals surface area contributed by atoms with Crippen LogP contribution in [0.15, 0.2) is 48.5 Å². The summed E-state index contributed by atoms with van der Waals surface area (Å²) in [6.45, 7) is 0. The van der Waals surface area contributed by atoms with Crippen LogP contribution in [0.2, 0.25) is 0 Å². The van der Waals surface area contributed by atoms with Crippen molar-refractivity contribution in [1.29, 1.82) is 0 Å². The largest absolute Gasteiger partial charge is 0.508 e. The summed E-state index contributed by atoms with van der Waals surface area (Å²) in [7, 11) is 1.93. The molecule has 0 aliphatic rings. The molecule has 0 atom stereocenters. The Hall–Kier alpha value is -2.49. The third kappa shape index (κ3) is 1.78. The fourth-order valence-corrected chi connectivity index (χ4v) is 1.90. The van der Waals surface area contributed by atoms with Gasteiger partial charge in [0.1, 0.15) is 5.75 Å². The summed E-state index contributed by atoms with van der Waals surface area (Å²) in [6, 6.07) is 14.9. The summed E-state index contributed by atoms with van der Waals surface area (Å²) in [6.07, 6.45) is 0. The van der Waals surface area contributed by atoms with Gasteiger partial charge in [0.15, 0.2) is 0 Å². The number of aromatic amines is 1. The maximum Gasteiger partial charge on any atom is 0.208 e. The fraction of sp³-hybridized carbons (Fsp3) is 0.0714. The molecule has 0 saturated carbocycles. The lowest BCUT2D eigenvalue weighted by molar-refractivity contribution is 0.475. The molecule has 4 heteroatoms. The van der Waals surface area contributed by atoms with Crippen LogP contribution in [-0.2, 0) is 0 Å². The Bertz CT molecular complexity index is 640. The Morgan fingerprint density at radius 2 is 1.78 bits per heavy atom. The van der Waals surface area contributed by atoms with Crippen LogP contribution in [0.5, 0.6) is 5.75 Å². The number of nitrogens with zero attached hydrogens (tertiary/aromatic N) is 2. The third-order valence-electron chi connectivity index (χ3n) is 2.93. The number of fused-ring (bicyclic) bond motifs is 1. The molecular weight excluding hydrogens is 226 g/mol. The monoisotopic (exact) mass is 239 g/mol. The molecule has 0 saturated heterocycles. The van der Waals surface area contributed by atoms with Gasteiger partial charge in [-0.25, -0.2) is 4.98 Å². The van der Waals surface area contributed by atoms with Crippen molar-refractivity contribution in [2.75, 3.05) is 11.9 Å². The quantitative estimate of drug-likeness (QED) is 0.722. The number of benzene rings is 2. The highest BCUT2D eigenvalue weighted by atomic mass is 16.3. The van der Waals surface area contributed by atoms with E-state index in [2.05, 4.69) is 9.97 Å². The lowest BCUT2D eigenvalue weighted by atomic mass is 10.3. The number of hydrogen-bond donors (Lipinski definition) is 2. The molecule has 2 N–H and O–H groups in total. The van der Waals surface area contributed by atoms with Crippen LogP contribution < -0.4 is 4.90 Å². The average molecular weight is 239 g/mol. The predicted octanol–water partition coefficient (Wildman–Crippen LogP) is 3.04. The minimum Gasteiger partial charge on any atom is -0.508 e. The van der Waals surface area contributed by atoms with Crippen molar-refractivity contribution in [3.05, 3.63) is 48.5 Å². The number of H-pyrrole nitrogens is 1. The van der Waals surface area contributed by atoms with E-state index >= 15 is 0 Å². The predicted molar refractivity (Wildman–Crippen MR) is 72.3 cm³/mol. The Morgan fingerprint density at radius 1 is 1.06 bits per heavy atom. The standard InChI is InChI=1S/C14H13N3O/c1-17(10-6-8-11(18)9-7-10)14-15-12-4-2-3-5-13(12)16-14/h2-9,18H,1H3,(H,15,16). The van der Waals surface area contributed by atoms with Crippen molar-refractivity contribution in [2.24, 2.45) is 0 Å². The third-order valence-corrected chi connectivity index (χ3v) is 2.93. The second-order valence-corrected chi connectivity index (χ2v) is 4.15. The number of hydrogen-bond acceptors (Lipinski definition) is 3. The van der Waals surface area contributed by atoms with E-state index in [-0.39, 0.29) is 5.75 Å². The van der Waals surface area contributed by atoms with Gasteiger partial charge in [0.25, 0.3) is 0 Å². The van der Waals surface area contributed by atoms with E-state index in [0.717, 1.165) is 22.7 Å². The molecule has 1 aromatic heterocycles. The molecule has 0 amide bonds. The number of imidazole rings is 1. The minimum atomic E-state index is 0.261. The summed E-state index contributed by atoms with van der Waals surface area (Å²) in [5.74, 6) is 1.04. The fourth-order valence-electron chi connectivity index (χ4n) is 1.90. The lowest BCUT2D eigenvalue weighted by Crippen LogP contribution is -2.10. The molecule has 0 spiro atoms. The molecule has 2 aromatic carbocycles. The highest BCUT2D eigenvalue weighted by Gasteiger charge is 2.08. The molecule has 90 valence electrons. The number of anilines is 2. The number of phenolic OH excluding ortho intramolecular Hbond substituents is 1. The van der Waals surface area contributed by atoms with E-state index in [4.69, 9.17) is 0 Å². The van der Waals surface area contributed by atoms with Gasteiger partial charge in [0, 0.05) is 12.7 Å². The SMILES string of the molecule is CN(c1ccc(O)cc1)c1nc2ccccc2[nH]1. The van der Waals surface area contributed by atoms with Crippen LogP contribution in [0.25, 0.3) is 11.0 Å². The van der Waals surface area contributed by atoms with E-state index in [0.29, 0.717) is 0 Å². The van der Waals surface area contributed by atoms with E-state index in [1.807, 2.05) is 48.3 Å². The summed E-state index contributed by atoms with van der Waals surface area (Å²) in [4.78, 5) is 9.72. The molecule has 3 rings (SSSR count). The maximum atomic E-state index is 9.28. The zero-order chi connectivity index (χ0) is 12.5. The molecule has 0 aliphatic heterocycles. The summed E-state index contributed by atoms with van der Waals surface area (Å²) >= 11 is 0. The number of aromatic hydroxyl groups is 1. The molecule has 18 heavy (non-hydrogen) atoms. The van der Waals surface area contributed by atoms with Crippen molar-refractivity contribution in [1.82, 2.24) is 9.97 Å². The molecule has 0 fully saturated rings. The van der Waals surface area contributed by atoms with Crippen molar-refractivity contribution in [3.8, 4) is 5.75 Å². The van der Waals surface area contributed by atoms with Gasteiger partial charge in [-0.15, -0.1) is 0 Å². The molecule has 0 unspecified atom stereocenters. The molecule has 1 heterocycles. The maximum absolute atomic E-state index is 9.28.